The number of benzene rings is 3. The first-order valence-corrected chi connectivity index (χ1v) is 13.9. The van der Waals surface area contributed by atoms with E-state index in [1.165, 1.54) is 13.2 Å². The minimum absolute atomic E-state index is 0.0291. The van der Waals surface area contributed by atoms with Crippen LogP contribution in [0.15, 0.2) is 89.8 Å². The Balaban J connectivity index is 1.36. The number of nitrogens with one attached hydrogen (secondary N) is 1. The lowest BCUT2D eigenvalue weighted by atomic mass is 10.1. The van der Waals surface area contributed by atoms with Gasteiger partial charge < -0.3 is 9.64 Å². The van der Waals surface area contributed by atoms with Gasteiger partial charge in [-0.1, -0.05) is 72.8 Å². The van der Waals surface area contributed by atoms with Crippen LogP contribution in [0.1, 0.15) is 21.5 Å². The zero-order valence-electron chi connectivity index (χ0n) is 21.0. The number of piperazine rings is 1. The Morgan fingerprint density at radius 3 is 2.30 bits per heavy atom. The maximum Gasteiger partial charge on any atom is 0.253 e. The summed E-state index contributed by atoms with van der Waals surface area (Å²) < 4.78 is 34.1. The zero-order valence-corrected chi connectivity index (χ0v) is 21.9. The molecule has 1 aliphatic heterocycles. The molecule has 7 nitrogen and oxygen atoms in total. The Morgan fingerprint density at radius 2 is 1.62 bits per heavy atom. The molecule has 1 amide bonds. The van der Waals surface area contributed by atoms with Gasteiger partial charge in [-0.25, -0.2) is 13.1 Å². The largest absolute Gasteiger partial charge is 0.495 e. The maximum atomic E-state index is 13.2. The van der Waals surface area contributed by atoms with Crippen molar-refractivity contribution in [1.29, 1.82) is 0 Å². The fourth-order valence-electron chi connectivity index (χ4n) is 4.29. The molecule has 0 aliphatic carbocycles. The van der Waals surface area contributed by atoms with Gasteiger partial charge in [0.1, 0.15) is 10.6 Å². The van der Waals surface area contributed by atoms with Crippen molar-refractivity contribution in [2.75, 3.05) is 46.4 Å². The number of amides is 1. The third kappa shape index (κ3) is 7.29. The summed E-state index contributed by atoms with van der Waals surface area (Å²) in [4.78, 5) is 17.3. The summed E-state index contributed by atoms with van der Waals surface area (Å²) in [7, 11) is -2.44. The van der Waals surface area contributed by atoms with Gasteiger partial charge in [0, 0.05) is 44.8 Å². The minimum Gasteiger partial charge on any atom is -0.495 e. The van der Waals surface area contributed by atoms with E-state index in [0.29, 0.717) is 25.1 Å². The molecule has 8 heteroatoms. The molecule has 0 aromatic heterocycles. The van der Waals surface area contributed by atoms with Crippen LogP contribution in [0.4, 0.5) is 0 Å². The van der Waals surface area contributed by atoms with Crippen LogP contribution in [-0.2, 0) is 16.4 Å². The number of hydrogen-bond acceptors (Lipinski definition) is 5. The van der Waals surface area contributed by atoms with Gasteiger partial charge in [0.2, 0.25) is 10.0 Å². The summed E-state index contributed by atoms with van der Waals surface area (Å²) >= 11 is 0. The Kier molecular flexibility index (Phi) is 9.11. The summed E-state index contributed by atoms with van der Waals surface area (Å²) in [5.41, 5.74) is 2.54. The highest BCUT2D eigenvalue weighted by Crippen LogP contribution is 2.26. The number of carbonyl (C=O) groups is 1. The Bertz CT molecular complexity index is 1300. The van der Waals surface area contributed by atoms with E-state index < -0.39 is 10.0 Å². The van der Waals surface area contributed by atoms with E-state index in [-0.39, 0.29) is 23.1 Å². The highest BCUT2D eigenvalue weighted by molar-refractivity contribution is 7.89. The fraction of sp³-hybridized carbons (Fsp3) is 0.276. The van der Waals surface area contributed by atoms with Crippen molar-refractivity contribution in [3.05, 3.63) is 102 Å². The average Bonchev–Trinajstić information content (AvgIpc) is 2.94. The van der Waals surface area contributed by atoms with Crippen molar-refractivity contribution in [3.8, 4) is 5.75 Å². The number of hydrogen-bond donors (Lipinski definition) is 1. The first-order valence-electron chi connectivity index (χ1n) is 12.4. The lowest BCUT2D eigenvalue weighted by molar-refractivity contribution is 0.0650. The number of nitrogens with zero attached hydrogens (tertiary/aromatic N) is 2. The molecular formula is C29H33N3O4S. The van der Waals surface area contributed by atoms with Crippen molar-refractivity contribution >= 4 is 22.0 Å². The van der Waals surface area contributed by atoms with Gasteiger partial charge in [0.05, 0.1) is 7.11 Å². The summed E-state index contributed by atoms with van der Waals surface area (Å²) in [5.74, 6) is 0.0293. The second-order valence-electron chi connectivity index (χ2n) is 8.90. The van der Waals surface area contributed by atoms with Gasteiger partial charge in [-0.3, -0.25) is 9.69 Å². The molecule has 37 heavy (non-hydrogen) atoms. The molecule has 194 valence electrons. The van der Waals surface area contributed by atoms with Crippen LogP contribution in [-0.4, -0.2) is 70.5 Å². The summed E-state index contributed by atoms with van der Waals surface area (Å²) in [6, 6.07) is 24.4. The summed E-state index contributed by atoms with van der Waals surface area (Å²) in [6.45, 7) is 3.74. The van der Waals surface area contributed by atoms with Crippen molar-refractivity contribution in [2.45, 2.75) is 11.3 Å². The van der Waals surface area contributed by atoms with Crippen LogP contribution >= 0.6 is 0 Å². The monoisotopic (exact) mass is 519 g/mol. The third-order valence-electron chi connectivity index (χ3n) is 6.38. The molecule has 4 rings (SSSR count). The highest BCUT2D eigenvalue weighted by atomic mass is 32.2. The molecule has 0 radical (unpaired) electrons. The molecule has 3 aromatic rings. The Morgan fingerprint density at radius 1 is 0.946 bits per heavy atom. The smallest absolute Gasteiger partial charge is 0.253 e. The Hall–Kier alpha value is -3.46. The van der Waals surface area contributed by atoms with Crippen LogP contribution in [0.5, 0.6) is 5.75 Å². The van der Waals surface area contributed by atoms with E-state index >= 15 is 0 Å². The van der Waals surface area contributed by atoms with Crippen molar-refractivity contribution in [2.24, 2.45) is 0 Å². The van der Waals surface area contributed by atoms with E-state index in [2.05, 4.69) is 33.9 Å². The number of methoxy groups -OCH3 is 1. The number of sulfonamides is 1. The molecular weight excluding hydrogens is 486 g/mol. The van der Waals surface area contributed by atoms with E-state index in [4.69, 9.17) is 4.74 Å². The molecule has 1 N–H and O–H groups in total. The lowest BCUT2D eigenvalue weighted by Crippen LogP contribution is -2.48. The van der Waals surface area contributed by atoms with Crippen molar-refractivity contribution < 1.29 is 17.9 Å². The van der Waals surface area contributed by atoms with Gasteiger partial charge in [-0.05, 0) is 35.7 Å². The fourth-order valence-corrected chi connectivity index (χ4v) is 5.51. The minimum atomic E-state index is -3.86. The predicted octanol–water partition coefficient (Wildman–Crippen LogP) is 3.69. The SMILES string of the molecule is COc1ccc(C(=O)N2CCN(C/C=C/c3ccccc3)CC2)cc1S(=O)(=O)NCCc1ccccc1. The molecule has 1 fully saturated rings. The molecule has 1 heterocycles. The number of rotatable bonds is 10. The molecule has 0 atom stereocenters. The van der Waals surface area contributed by atoms with E-state index in [1.54, 1.807) is 17.0 Å². The van der Waals surface area contributed by atoms with E-state index in [1.807, 2.05) is 48.5 Å². The standard InChI is InChI=1S/C29H33N3O4S/c1-36-27-15-14-26(23-28(27)37(34,35)30-17-16-25-11-6-3-7-12-25)29(33)32-21-19-31(20-22-32)18-8-13-24-9-4-2-5-10-24/h2-15,23,30H,16-22H2,1H3/b13-8+. The molecule has 0 saturated carbocycles. The van der Waals surface area contributed by atoms with Gasteiger partial charge in [-0.15, -0.1) is 0 Å². The van der Waals surface area contributed by atoms with E-state index in [0.717, 1.165) is 30.8 Å². The first kappa shape index (κ1) is 26.6. The van der Waals surface area contributed by atoms with Crippen molar-refractivity contribution in [1.82, 2.24) is 14.5 Å². The second kappa shape index (κ2) is 12.7. The molecule has 3 aromatic carbocycles. The highest BCUT2D eigenvalue weighted by Gasteiger charge is 2.25. The van der Waals surface area contributed by atoms with Crippen LogP contribution < -0.4 is 9.46 Å². The molecule has 1 saturated heterocycles. The average molecular weight is 520 g/mol. The summed E-state index contributed by atoms with van der Waals surface area (Å²) in [5, 5.41) is 0. The van der Waals surface area contributed by atoms with Crippen LogP contribution in [0, 0.1) is 0 Å². The quantitative estimate of drug-likeness (QED) is 0.442. The lowest BCUT2D eigenvalue weighted by Gasteiger charge is -2.34. The van der Waals surface area contributed by atoms with Gasteiger partial charge >= 0.3 is 0 Å². The maximum absolute atomic E-state index is 13.2. The van der Waals surface area contributed by atoms with E-state index in [9.17, 15) is 13.2 Å². The van der Waals surface area contributed by atoms with Gasteiger partial charge in [0.25, 0.3) is 5.91 Å². The van der Waals surface area contributed by atoms with Gasteiger partial charge in [-0.2, -0.15) is 0 Å². The van der Waals surface area contributed by atoms with Crippen LogP contribution in [0.2, 0.25) is 0 Å². The second-order valence-corrected chi connectivity index (χ2v) is 10.6. The topological polar surface area (TPSA) is 79.0 Å². The number of ether oxygens (including phenoxy) is 1. The van der Waals surface area contributed by atoms with Crippen LogP contribution in [0.3, 0.4) is 0 Å². The zero-order chi connectivity index (χ0) is 26.1. The van der Waals surface area contributed by atoms with Gasteiger partial charge in [0.15, 0.2) is 0 Å². The Labute approximate surface area is 219 Å². The van der Waals surface area contributed by atoms with Crippen molar-refractivity contribution in [3.63, 3.8) is 0 Å². The molecule has 0 bridgehead atoms. The predicted molar refractivity (Wildman–Crippen MR) is 146 cm³/mol. The normalized spacial score (nSPS) is 14.7. The summed E-state index contributed by atoms with van der Waals surface area (Å²) in [6.07, 6.45) is 4.80. The first-order chi connectivity index (χ1) is 18.0. The third-order valence-corrected chi connectivity index (χ3v) is 7.86. The molecule has 0 spiro atoms. The molecule has 1 aliphatic rings. The van der Waals surface area contributed by atoms with Crippen LogP contribution in [0.25, 0.3) is 6.08 Å². The number of carbonyl (C=O) groups excluding carboxylic acids is 1. The molecule has 0 unspecified atom stereocenters.